The van der Waals surface area contributed by atoms with E-state index < -0.39 is 0 Å². The summed E-state index contributed by atoms with van der Waals surface area (Å²) in [6, 6.07) is 16.4. The quantitative estimate of drug-likeness (QED) is 0.919. The first-order valence-electron chi connectivity index (χ1n) is 7.06. The Morgan fingerprint density at radius 1 is 1.19 bits per heavy atom. The maximum atomic E-state index is 6.09. The van der Waals surface area contributed by atoms with Crippen LogP contribution in [0.1, 0.15) is 5.56 Å². The molecule has 0 bridgehead atoms. The summed E-state index contributed by atoms with van der Waals surface area (Å²) >= 11 is 3.52. The molecular formula is C17H18BrNO2. The fourth-order valence-electron chi connectivity index (χ4n) is 2.57. The highest BCUT2D eigenvalue weighted by Crippen LogP contribution is 2.32. The molecule has 21 heavy (non-hydrogen) atoms. The SMILES string of the molecule is CNC(Cc1cccc(Br)c1)C1COc2ccccc2O1. The number of fused-ring (bicyclic) bond motifs is 1. The number of nitrogens with one attached hydrogen (secondary N) is 1. The van der Waals surface area contributed by atoms with E-state index in [9.17, 15) is 0 Å². The molecule has 1 N–H and O–H groups in total. The number of benzene rings is 2. The van der Waals surface area contributed by atoms with Crippen LogP contribution >= 0.6 is 15.9 Å². The molecule has 2 atom stereocenters. The van der Waals surface area contributed by atoms with Gasteiger partial charge in [0.25, 0.3) is 0 Å². The van der Waals surface area contributed by atoms with Crippen molar-refractivity contribution in [1.29, 1.82) is 0 Å². The summed E-state index contributed by atoms with van der Waals surface area (Å²) in [6.07, 6.45) is 0.899. The second kappa shape index (κ2) is 6.50. The van der Waals surface area contributed by atoms with E-state index >= 15 is 0 Å². The van der Waals surface area contributed by atoms with E-state index in [1.165, 1.54) is 5.56 Å². The van der Waals surface area contributed by atoms with Crippen molar-refractivity contribution in [3.05, 3.63) is 58.6 Å². The van der Waals surface area contributed by atoms with Crippen molar-refractivity contribution in [3.8, 4) is 11.5 Å². The highest BCUT2D eigenvalue weighted by Gasteiger charge is 2.28. The van der Waals surface area contributed by atoms with Crippen LogP contribution in [-0.2, 0) is 6.42 Å². The first-order chi connectivity index (χ1) is 10.3. The highest BCUT2D eigenvalue weighted by atomic mass is 79.9. The summed E-state index contributed by atoms with van der Waals surface area (Å²) in [6.45, 7) is 0.566. The molecule has 1 aliphatic rings. The van der Waals surface area contributed by atoms with Crippen LogP contribution in [0.3, 0.4) is 0 Å². The number of halogens is 1. The molecule has 2 aromatic carbocycles. The minimum Gasteiger partial charge on any atom is -0.486 e. The lowest BCUT2D eigenvalue weighted by Crippen LogP contribution is -2.47. The monoisotopic (exact) mass is 347 g/mol. The van der Waals surface area contributed by atoms with Crippen LogP contribution in [-0.4, -0.2) is 25.8 Å². The van der Waals surface area contributed by atoms with Crippen LogP contribution < -0.4 is 14.8 Å². The Morgan fingerprint density at radius 3 is 2.76 bits per heavy atom. The summed E-state index contributed by atoms with van der Waals surface area (Å²) in [5.74, 6) is 1.65. The molecule has 4 heteroatoms. The third kappa shape index (κ3) is 3.39. The molecule has 1 heterocycles. The number of hydrogen-bond acceptors (Lipinski definition) is 3. The van der Waals surface area contributed by atoms with Crippen LogP contribution in [0.4, 0.5) is 0 Å². The van der Waals surface area contributed by atoms with Gasteiger partial charge in [-0.3, -0.25) is 0 Å². The third-order valence-corrected chi connectivity index (χ3v) is 4.19. The van der Waals surface area contributed by atoms with E-state index in [2.05, 4.69) is 39.4 Å². The molecule has 0 aliphatic carbocycles. The van der Waals surface area contributed by atoms with Gasteiger partial charge in [-0.2, -0.15) is 0 Å². The largest absolute Gasteiger partial charge is 0.486 e. The standard InChI is InChI=1S/C17H18BrNO2/c1-19-14(10-12-5-4-6-13(18)9-12)17-11-20-15-7-2-3-8-16(15)21-17/h2-9,14,17,19H,10-11H2,1H3. The normalized spacial score (nSPS) is 18.3. The van der Waals surface area contributed by atoms with E-state index in [1.807, 2.05) is 37.4 Å². The zero-order chi connectivity index (χ0) is 14.7. The molecular weight excluding hydrogens is 330 g/mol. The van der Waals surface area contributed by atoms with Gasteiger partial charge in [-0.25, -0.2) is 0 Å². The third-order valence-electron chi connectivity index (χ3n) is 3.69. The Bertz CT molecular complexity index is 617. The first kappa shape index (κ1) is 14.4. The molecule has 3 nitrogen and oxygen atoms in total. The van der Waals surface area contributed by atoms with Gasteiger partial charge in [-0.1, -0.05) is 40.2 Å². The second-order valence-corrected chi connectivity index (χ2v) is 6.06. The maximum absolute atomic E-state index is 6.09. The number of para-hydroxylation sites is 2. The predicted octanol–water partition coefficient (Wildman–Crippen LogP) is 3.42. The topological polar surface area (TPSA) is 30.5 Å². The molecule has 0 spiro atoms. The Balaban J connectivity index is 1.73. The number of likely N-dealkylation sites (N-methyl/N-ethyl adjacent to an activating group) is 1. The minimum atomic E-state index is 0.00359. The molecule has 0 aromatic heterocycles. The van der Waals surface area contributed by atoms with Crippen LogP contribution in [0.5, 0.6) is 11.5 Å². The molecule has 0 saturated carbocycles. The van der Waals surface area contributed by atoms with Crippen LogP contribution in [0.2, 0.25) is 0 Å². The van der Waals surface area contributed by atoms with Crippen molar-refractivity contribution in [1.82, 2.24) is 5.32 Å². The van der Waals surface area contributed by atoms with Gasteiger partial charge in [0.05, 0.1) is 6.04 Å². The number of rotatable bonds is 4. The lowest BCUT2D eigenvalue weighted by Gasteiger charge is -2.32. The fourth-order valence-corrected chi connectivity index (χ4v) is 3.02. The molecule has 2 unspecified atom stereocenters. The van der Waals surface area contributed by atoms with Crippen molar-refractivity contribution in [2.75, 3.05) is 13.7 Å². The fraction of sp³-hybridized carbons (Fsp3) is 0.294. The average Bonchev–Trinajstić information content (AvgIpc) is 2.52. The smallest absolute Gasteiger partial charge is 0.161 e. The Morgan fingerprint density at radius 2 is 2.00 bits per heavy atom. The Labute approximate surface area is 133 Å². The van der Waals surface area contributed by atoms with Crippen molar-refractivity contribution in [3.63, 3.8) is 0 Å². The van der Waals surface area contributed by atoms with E-state index in [0.717, 1.165) is 22.4 Å². The predicted molar refractivity (Wildman–Crippen MR) is 87.0 cm³/mol. The number of hydrogen-bond donors (Lipinski definition) is 1. The zero-order valence-corrected chi connectivity index (χ0v) is 13.5. The van der Waals surface area contributed by atoms with Crippen LogP contribution in [0.15, 0.2) is 53.0 Å². The lowest BCUT2D eigenvalue weighted by molar-refractivity contribution is 0.0641. The molecule has 1 aliphatic heterocycles. The van der Waals surface area contributed by atoms with Crippen molar-refractivity contribution < 1.29 is 9.47 Å². The van der Waals surface area contributed by atoms with E-state index in [4.69, 9.17) is 9.47 Å². The van der Waals surface area contributed by atoms with E-state index in [0.29, 0.717) is 6.61 Å². The number of ether oxygens (including phenoxy) is 2. The van der Waals surface area contributed by atoms with Gasteiger partial charge in [0, 0.05) is 4.47 Å². The Kier molecular flexibility index (Phi) is 4.46. The average molecular weight is 348 g/mol. The zero-order valence-electron chi connectivity index (χ0n) is 11.9. The molecule has 3 rings (SSSR count). The van der Waals surface area contributed by atoms with Crippen molar-refractivity contribution in [2.24, 2.45) is 0 Å². The Hall–Kier alpha value is -1.52. The van der Waals surface area contributed by atoms with Crippen molar-refractivity contribution in [2.45, 2.75) is 18.6 Å². The summed E-state index contributed by atoms with van der Waals surface area (Å²) in [5, 5.41) is 3.35. The van der Waals surface area contributed by atoms with Gasteiger partial charge in [-0.15, -0.1) is 0 Å². The van der Waals surface area contributed by atoms with Gasteiger partial charge >= 0.3 is 0 Å². The van der Waals surface area contributed by atoms with E-state index in [1.54, 1.807) is 0 Å². The summed E-state index contributed by atoms with van der Waals surface area (Å²) in [7, 11) is 1.96. The van der Waals surface area contributed by atoms with Gasteiger partial charge in [0.1, 0.15) is 12.7 Å². The molecule has 0 amide bonds. The summed E-state index contributed by atoms with van der Waals surface area (Å²) < 4.78 is 13.0. The molecule has 110 valence electrons. The first-order valence-corrected chi connectivity index (χ1v) is 7.86. The van der Waals surface area contributed by atoms with Crippen molar-refractivity contribution >= 4 is 15.9 Å². The summed E-state index contributed by atoms with van der Waals surface area (Å²) in [4.78, 5) is 0. The highest BCUT2D eigenvalue weighted by molar-refractivity contribution is 9.10. The van der Waals surface area contributed by atoms with Crippen LogP contribution in [0, 0.1) is 0 Å². The maximum Gasteiger partial charge on any atom is 0.161 e. The molecule has 0 fully saturated rings. The molecule has 0 radical (unpaired) electrons. The molecule has 0 saturated heterocycles. The summed E-state index contributed by atoms with van der Waals surface area (Å²) in [5.41, 5.74) is 1.27. The molecule has 2 aromatic rings. The second-order valence-electron chi connectivity index (χ2n) is 5.14. The van der Waals surface area contributed by atoms with Gasteiger partial charge in [0.15, 0.2) is 11.5 Å². The van der Waals surface area contributed by atoms with Crippen LogP contribution in [0.25, 0.3) is 0 Å². The minimum absolute atomic E-state index is 0.00359. The van der Waals surface area contributed by atoms with Gasteiger partial charge in [-0.05, 0) is 43.3 Å². The van der Waals surface area contributed by atoms with E-state index in [-0.39, 0.29) is 12.1 Å². The lowest BCUT2D eigenvalue weighted by atomic mass is 10.0. The van der Waals surface area contributed by atoms with Gasteiger partial charge in [0.2, 0.25) is 0 Å². The van der Waals surface area contributed by atoms with Gasteiger partial charge < -0.3 is 14.8 Å².